The molecular weight excluding hydrogens is 302 g/mol. The Morgan fingerprint density at radius 3 is 1.96 bits per heavy atom. The lowest BCUT2D eigenvalue weighted by molar-refractivity contribution is -0.372. The molecule has 0 saturated heterocycles. The van der Waals surface area contributed by atoms with Crippen LogP contribution in [0.5, 0.6) is 0 Å². The summed E-state index contributed by atoms with van der Waals surface area (Å²) in [5, 5.41) is 18.0. The zero-order valence-electron chi connectivity index (χ0n) is 15.4. The molecule has 0 fully saturated rings. The third-order valence-corrected chi connectivity index (χ3v) is 3.19. The van der Waals surface area contributed by atoms with Gasteiger partial charge in [0.15, 0.2) is 0 Å². The first-order chi connectivity index (χ1) is 11.7. The van der Waals surface area contributed by atoms with Crippen molar-refractivity contribution in [3.63, 3.8) is 0 Å². The van der Waals surface area contributed by atoms with Gasteiger partial charge in [0, 0.05) is 5.97 Å². The van der Waals surface area contributed by atoms with Crippen molar-refractivity contribution in [1.29, 1.82) is 0 Å². The molecule has 0 saturated carbocycles. The molecule has 0 rings (SSSR count). The van der Waals surface area contributed by atoms with Crippen LogP contribution in [0.25, 0.3) is 0 Å². The average Bonchev–Trinajstić information content (AvgIpc) is 2.58. The van der Waals surface area contributed by atoms with Crippen LogP contribution in [-0.4, -0.2) is 24.2 Å². The topological polar surface area (TPSA) is 88.0 Å². The Bertz CT molecular complexity index is 334. The number of carbonyl (C=O) groups excluding carboxylic acids is 1. The van der Waals surface area contributed by atoms with Crippen molar-refractivity contribution >= 4 is 5.97 Å². The third kappa shape index (κ3) is 28.7. The third-order valence-electron chi connectivity index (χ3n) is 3.19. The van der Waals surface area contributed by atoms with E-state index in [0.717, 1.165) is 44.9 Å². The lowest BCUT2D eigenvalue weighted by Gasteiger charge is -2.01. The minimum atomic E-state index is -0.925. The molecule has 0 spiro atoms. The van der Waals surface area contributed by atoms with Crippen LogP contribution in [-0.2, 0) is 4.79 Å². The maximum atomic E-state index is 10.2. The van der Waals surface area contributed by atoms with E-state index in [1.165, 1.54) is 12.8 Å². The molecule has 4 N–H and O–H groups in total. The van der Waals surface area contributed by atoms with E-state index in [1.54, 1.807) is 0 Å². The highest BCUT2D eigenvalue weighted by molar-refractivity contribution is 5.63. The van der Waals surface area contributed by atoms with Crippen LogP contribution in [0.2, 0.25) is 0 Å². The highest BCUT2D eigenvalue weighted by atomic mass is 16.4. The number of carboxylic acid groups (broad SMARTS) is 1. The van der Waals surface area contributed by atoms with Gasteiger partial charge in [-0.2, -0.15) is 0 Å². The Hall–Kier alpha value is -1.39. The summed E-state index contributed by atoms with van der Waals surface area (Å²) in [7, 11) is 0. The van der Waals surface area contributed by atoms with Crippen LogP contribution in [0.4, 0.5) is 0 Å². The minimum Gasteiger partial charge on any atom is -0.550 e. The minimum absolute atomic E-state index is 0.208. The van der Waals surface area contributed by atoms with E-state index in [1.807, 2.05) is 0 Å². The summed E-state index contributed by atoms with van der Waals surface area (Å²) in [5.74, 6) is -0.925. The second-order valence-electron chi connectivity index (χ2n) is 5.55. The monoisotopic (exact) mass is 339 g/mol. The van der Waals surface area contributed by atoms with Crippen molar-refractivity contribution in [2.75, 3.05) is 13.2 Å². The Labute approximate surface area is 148 Å². The molecule has 0 bridgehead atoms. The van der Waals surface area contributed by atoms with Crippen molar-refractivity contribution in [2.24, 2.45) is 0 Å². The molecule has 0 aliphatic heterocycles. The van der Waals surface area contributed by atoms with Gasteiger partial charge in [0.05, 0.1) is 13.2 Å². The van der Waals surface area contributed by atoms with Crippen molar-refractivity contribution in [3.05, 3.63) is 36.5 Å². The van der Waals surface area contributed by atoms with Crippen molar-refractivity contribution < 1.29 is 20.7 Å². The number of quaternary nitrogens is 1. The van der Waals surface area contributed by atoms with Crippen molar-refractivity contribution in [2.45, 2.75) is 71.1 Å². The molecule has 4 heteroatoms. The van der Waals surface area contributed by atoms with Gasteiger partial charge >= 0.3 is 0 Å². The SMILES string of the molecule is CC/C=C\C/C=C\C/C=C\CCCCCCCC(=O)[O-].[NH3+]CCO. The summed E-state index contributed by atoms with van der Waals surface area (Å²) >= 11 is 0. The van der Waals surface area contributed by atoms with E-state index < -0.39 is 5.97 Å². The summed E-state index contributed by atoms with van der Waals surface area (Å²) in [5.41, 5.74) is 3.35. The molecule has 0 aromatic carbocycles. The van der Waals surface area contributed by atoms with Gasteiger partial charge in [0.25, 0.3) is 0 Å². The fourth-order valence-corrected chi connectivity index (χ4v) is 1.89. The zero-order valence-corrected chi connectivity index (χ0v) is 15.4. The number of carbonyl (C=O) groups is 1. The number of carboxylic acids is 1. The van der Waals surface area contributed by atoms with Crippen LogP contribution in [0.15, 0.2) is 36.5 Å². The van der Waals surface area contributed by atoms with Crippen LogP contribution in [0.3, 0.4) is 0 Å². The molecule has 0 aromatic rings. The Morgan fingerprint density at radius 1 is 0.917 bits per heavy atom. The molecular formula is C20H37NO3. The van der Waals surface area contributed by atoms with Gasteiger partial charge in [0.1, 0.15) is 0 Å². The average molecular weight is 340 g/mol. The highest BCUT2D eigenvalue weighted by Crippen LogP contribution is 2.07. The van der Waals surface area contributed by atoms with Gasteiger partial charge in [-0.1, -0.05) is 62.6 Å². The number of aliphatic hydroxyl groups is 1. The van der Waals surface area contributed by atoms with Crippen LogP contribution < -0.4 is 10.8 Å². The van der Waals surface area contributed by atoms with Crippen LogP contribution >= 0.6 is 0 Å². The zero-order chi connectivity index (χ0) is 18.3. The summed E-state index contributed by atoms with van der Waals surface area (Å²) in [6.07, 6.45) is 23.0. The van der Waals surface area contributed by atoms with Gasteiger partial charge in [-0.05, 0) is 44.9 Å². The normalized spacial score (nSPS) is 11.3. The predicted molar refractivity (Wildman–Crippen MR) is 99.1 cm³/mol. The van der Waals surface area contributed by atoms with E-state index in [2.05, 4.69) is 49.1 Å². The second-order valence-corrected chi connectivity index (χ2v) is 5.55. The van der Waals surface area contributed by atoms with Crippen LogP contribution in [0.1, 0.15) is 71.1 Å². The number of hydrogen-bond acceptors (Lipinski definition) is 3. The summed E-state index contributed by atoms with van der Waals surface area (Å²) < 4.78 is 0. The fourth-order valence-electron chi connectivity index (χ4n) is 1.89. The molecule has 0 aliphatic rings. The number of aliphatic carboxylic acids is 1. The van der Waals surface area contributed by atoms with Gasteiger partial charge in [-0.3, -0.25) is 0 Å². The fraction of sp³-hybridized carbons (Fsp3) is 0.650. The molecule has 0 aliphatic carbocycles. The molecule has 0 heterocycles. The van der Waals surface area contributed by atoms with E-state index in [9.17, 15) is 9.90 Å². The number of rotatable bonds is 14. The number of unbranched alkanes of at least 4 members (excludes halogenated alkanes) is 5. The van der Waals surface area contributed by atoms with Crippen molar-refractivity contribution in [3.8, 4) is 0 Å². The molecule has 0 radical (unpaired) electrons. The molecule has 4 nitrogen and oxygen atoms in total. The van der Waals surface area contributed by atoms with Crippen LogP contribution in [0, 0.1) is 0 Å². The second kappa shape index (κ2) is 23.9. The largest absolute Gasteiger partial charge is 0.550 e. The van der Waals surface area contributed by atoms with E-state index in [-0.39, 0.29) is 13.0 Å². The first-order valence-corrected chi connectivity index (χ1v) is 9.23. The Kier molecular flexibility index (Phi) is 24.7. The van der Waals surface area contributed by atoms with E-state index in [4.69, 9.17) is 5.11 Å². The van der Waals surface area contributed by atoms with Gasteiger partial charge in [-0.25, -0.2) is 0 Å². The maximum absolute atomic E-state index is 10.2. The predicted octanol–water partition coefficient (Wildman–Crippen LogP) is 2.55. The van der Waals surface area contributed by atoms with Gasteiger partial charge < -0.3 is 20.7 Å². The number of aliphatic hydroxyl groups excluding tert-OH is 1. The first kappa shape index (κ1) is 24.9. The molecule has 0 amide bonds. The number of hydrogen-bond donors (Lipinski definition) is 2. The lowest BCUT2D eigenvalue weighted by atomic mass is 10.1. The van der Waals surface area contributed by atoms with E-state index in [0.29, 0.717) is 6.54 Å². The first-order valence-electron chi connectivity index (χ1n) is 9.23. The molecule has 0 aromatic heterocycles. The molecule has 24 heavy (non-hydrogen) atoms. The molecule has 0 unspecified atom stereocenters. The summed E-state index contributed by atoms with van der Waals surface area (Å²) in [4.78, 5) is 10.2. The van der Waals surface area contributed by atoms with Crippen molar-refractivity contribution in [1.82, 2.24) is 0 Å². The summed E-state index contributed by atoms with van der Waals surface area (Å²) in [6.45, 7) is 2.98. The van der Waals surface area contributed by atoms with Gasteiger partial charge in [0.2, 0.25) is 0 Å². The highest BCUT2D eigenvalue weighted by Gasteiger charge is 1.90. The standard InChI is InChI=1S/C18H30O2.C2H7NO/c1-2-3-4-5-6-7-8-9-10-11-12-13-14-15-16-17-18(19)20;3-1-2-4/h3-4,6-7,9-10H,2,5,8,11-17H2,1H3,(H,19,20);4H,1-3H2/b4-3-,7-6-,10-9-;. The Morgan fingerprint density at radius 2 is 1.42 bits per heavy atom. The summed E-state index contributed by atoms with van der Waals surface area (Å²) in [6, 6.07) is 0. The maximum Gasteiger partial charge on any atom is 0.0974 e. The Balaban J connectivity index is 0. The quantitative estimate of drug-likeness (QED) is 0.376. The van der Waals surface area contributed by atoms with E-state index >= 15 is 0 Å². The lowest BCUT2D eigenvalue weighted by Crippen LogP contribution is -2.51. The number of allylic oxidation sites excluding steroid dienone is 6. The smallest absolute Gasteiger partial charge is 0.0974 e. The molecule has 0 atom stereocenters. The molecule has 140 valence electrons. The van der Waals surface area contributed by atoms with Gasteiger partial charge in [-0.15, -0.1) is 0 Å².